The summed E-state index contributed by atoms with van der Waals surface area (Å²) in [5.74, 6) is -1.21. The Morgan fingerprint density at radius 2 is 0.894 bits per heavy atom. The van der Waals surface area contributed by atoms with Crippen molar-refractivity contribution in [3.05, 3.63) is 97.2 Å². The molecule has 0 aliphatic heterocycles. The fourth-order valence-electron chi connectivity index (χ4n) is 6.60. The van der Waals surface area contributed by atoms with E-state index in [1.165, 1.54) is 0 Å². The molecule has 15 heteroatoms. The van der Waals surface area contributed by atoms with Crippen LogP contribution in [-0.4, -0.2) is 110 Å². The topological polar surface area (TPSA) is 230 Å². The van der Waals surface area contributed by atoms with Crippen molar-refractivity contribution in [2.75, 3.05) is 19.8 Å². The van der Waals surface area contributed by atoms with Crippen molar-refractivity contribution < 1.29 is 68.2 Å². The van der Waals surface area contributed by atoms with E-state index in [1.807, 2.05) is 12.2 Å². The van der Waals surface area contributed by atoms with Crippen molar-refractivity contribution in [3.8, 4) is 0 Å². The minimum atomic E-state index is -5.15. The predicted octanol–water partition coefficient (Wildman–Crippen LogP) is 8.81. The fraction of sp³-hybridized carbons (Fsp3) is 0.647. The van der Waals surface area contributed by atoms with Gasteiger partial charge in [-0.2, -0.15) is 0 Å². The Morgan fingerprint density at radius 3 is 1.38 bits per heavy atom. The minimum Gasteiger partial charge on any atom is -0.462 e. The molecular formula is C51H83O14P. The summed E-state index contributed by atoms with van der Waals surface area (Å²) in [6.07, 6.45) is 39.0. The Labute approximate surface area is 394 Å². The molecule has 7 N–H and O–H groups in total. The Bertz CT molecular complexity index is 1520. The lowest BCUT2D eigenvalue weighted by atomic mass is 9.85. The number of allylic oxidation sites excluding steroid dienone is 16. The molecule has 0 aromatic heterocycles. The minimum absolute atomic E-state index is 0.00180. The number of aliphatic hydroxyl groups is 6. The highest BCUT2D eigenvalue weighted by molar-refractivity contribution is 7.47. The van der Waals surface area contributed by atoms with E-state index in [2.05, 4.69) is 92.0 Å². The van der Waals surface area contributed by atoms with Gasteiger partial charge in [-0.25, -0.2) is 4.57 Å². The summed E-state index contributed by atoms with van der Waals surface area (Å²) in [5, 5.41) is 59.0. The number of rotatable bonds is 39. The Hall–Kier alpha value is -3.27. The summed E-state index contributed by atoms with van der Waals surface area (Å²) in [5.41, 5.74) is 0. The van der Waals surface area contributed by atoms with E-state index in [9.17, 15) is 44.6 Å². The maximum Gasteiger partial charge on any atom is 0.472 e. The quantitative estimate of drug-likeness (QED) is 0.0132. The second-order valence-corrected chi connectivity index (χ2v) is 17.7. The van der Waals surface area contributed by atoms with Gasteiger partial charge in [0.05, 0.1) is 6.61 Å². The number of phosphoric ester groups is 1. The summed E-state index contributed by atoms with van der Waals surface area (Å²) in [4.78, 5) is 35.7. The summed E-state index contributed by atoms with van der Waals surface area (Å²) in [6.45, 7) is 1.13. The van der Waals surface area contributed by atoms with Gasteiger partial charge in [0, 0.05) is 19.4 Å². The molecule has 8 atom stereocenters. The van der Waals surface area contributed by atoms with Gasteiger partial charge >= 0.3 is 19.8 Å². The van der Waals surface area contributed by atoms with Crippen LogP contribution in [0.25, 0.3) is 0 Å². The highest BCUT2D eigenvalue weighted by Crippen LogP contribution is 2.47. The van der Waals surface area contributed by atoms with E-state index in [1.54, 1.807) is 0 Å². The molecule has 0 heterocycles. The number of aliphatic hydroxyl groups excluding tert-OH is 6. The molecule has 66 heavy (non-hydrogen) atoms. The fourth-order valence-corrected chi connectivity index (χ4v) is 7.57. The summed E-state index contributed by atoms with van der Waals surface area (Å²) in [6, 6.07) is 0. The second kappa shape index (κ2) is 40.8. The highest BCUT2D eigenvalue weighted by atomic mass is 31.2. The molecule has 3 unspecified atom stereocenters. The van der Waals surface area contributed by atoms with Crippen LogP contribution in [0.5, 0.6) is 0 Å². The number of esters is 2. The number of carbonyl (C=O) groups is 2. The molecule has 1 aliphatic carbocycles. The zero-order valence-corrected chi connectivity index (χ0v) is 40.3. The SMILES string of the molecule is CC/C=C\C/C=C\C/C=C\C/C=C\CCCCCCCCC(=O)OC[C@H](COP(=O)(O)OC1[C@H](O)[C@H](O)C(O)[C@H](O)[C@H]1O)OC(=O)CCC/C=C\C/C=C\C/C=C\C/C=C\CCCCCO. The molecule has 0 aromatic carbocycles. The van der Waals surface area contributed by atoms with Crippen molar-refractivity contribution in [2.45, 2.75) is 191 Å². The van der Waals surface area contributed by atoms with Gasteiger partial charge in [0.25, 0.3) is 0 Å². The zero-order chi connectivity index (χ0) is 48.5. The van der Waals surface area contributed by atoms with Gasteiger partial charge < -0.3 is 45.0 Å². The molecule has 0 amide bonds. The molecule has 1 rings (SSSR count). The Balaban J connectivity index is 2.49. The molecule has 0 saturated heterocycles. The van der Waals surface area contributed by atoms with Gasteiger partial charge in [-0.15, -0.1) is 0 Å². The molecule has 1 aliphatic rings. The smallest absolute Gasteiger partial charge is 0.462 e. The number of ether oxygens (including phenoxy) is 2. The molecule has 0 radical (unpaired) electrons. The summed E-state index contributed by atoms with van der Waals surface area (Å²) < 4.78 is 33.5. The maximum atomic E-state index is 12.8. The van der Waals surface area contributed by atoms with Crippen molar-refractivity contribution >= 4 is 19.8 Å². The molecule has 14 nitrogen and oxygen atoms in total. The van der Waals surface area contributed by atoms with Crippen LogP contribution in [0.2, 0.25) is 0 Å². The van der Waals surface area contributed by atoms with Crippen LogP contribution in [0, 0.1) is 0 Å². The lowest BCUT2D eigenvalue weighted by molar-refractivity contribution is -0.220. The highest BCUT2D eigenvalue weighted by Gasteiger charge is 2.51. The molecule has 0 aromatic rings. The normalized spacial score (nSPS) is 22.1. The number of carbonyl (C=O) groups excluding carboxylic acids is 2. The first kappa shape index (κ1) is 60.7. The molecule has 376 valence electrons. The molecule has 0 spiro atoms. The third-order valence-electron chi connectivity index (χ3n) is 10.5. The number of phosphoric acid groups is 1. The van der Waals surface area contributed by atoms with Gasteiger partial charge in [-0.05, 0) is 96.3 Å². The Morgan fingerprint density at radius 1 is 0.500 bits per heavy atom. The van der Waals surface area contributed by atoms with Crippen LogP contribution in [0.3, 0.4) is 0 Å². The average Bonchev–Trinajstić information content (AvgIpc) is 3.30. The van der Waals surface area contributed by atoms with E-state index in [0.29, 0.717) is 19.3 Å². The maximum absolute atomic E-state index is 12.8. The summed E-state index contributed by atoms with van der Waals surface area (Å²) in [7, 11) is -5.15. The van der Waals surface area contributed by atoms with Crippen LogP contribution >= 0.6 is 7.82 Å². The third-order valence-corrected chi connectivity index (χ3v) is 11.4. The number of hydrogen-bond acceptors (Lipinski definition) is 13. The van der Waals surface area contributed by atoms with Crippen LogP contribution in [0.15, 0.2) is 97.2 Å². The van der Waals surface area contributed by atoms with Gasteiger partial charge in [-0.1, -0.05) is 136 Å². The zero-order valence-electron chi connectivity index (χ0n) is 39.4. The lowest BCUT2D eigenvalue weighted by Gasteiger charge is -2.41. The molecule has 1 fully saturated rings. The predicted molar refractivity (Wildman–Crippen MR) is 259 cm³/mol. The van der Waals surface area contributed by atoms with Crippen molar-refractivity contribution in [3.63, 3.8) is 0 Å². The summed E-state index contributed by atoms with van der Waals surface area (Å²) >= 11 is 0. The number of hydrogen-bond donors (Lipinski definition) is 7. The van der Waals surface area contributed by atoms with E-state index in [-0.39, 0.29) is 19.4 Å². The Kier molecular flexibility index (Phi) is 37.5. The van der Waals surface area contributed by atoms with Gasteiger partial charge in [-0.3, -0.25) is 18.6 Å². The molecule has 0 bridgehead atoms. The van der Waals surface area contributed by atoms with Crippen molar-refractivity contribution in [1.82, 2.24) is 0 Å². The third kappa shape index (κ3) is 32.4. The molecule has 1 saturated carbocycles. The standard InChI is InChI=1S/C51H83O14P/c1-2-3-4-5-6-7-8-9-10-11-12-14-17-20-23-26-29-32-35-38-44(53)62-41-43(42-63-66(60,61)65-51-49(58)47(56)46(55)48(57)50(51)59)64-45(54)39-36-33-30-27-24-21-18-15-13-16-19-22-25-28-31-34-37-40-52/h3-4,6-7,9-10,12-14,16,18,21-22,25,27,30,43,46-52,55-59H,2,5,8,11,15,17,19-20,23-24,26,28-29,31-42H2,1H3,(H,60,61)/b4-3-,7-6-,10-9-,14-12-,16-13-,21-18-,25-22-,30-27-/t43-,46?,47-,48+,49-,50-,51?/m1/s1. The lowest BCUT2D eigenvalue weighted by Crippen LogP contribution is -2.64. The molecular weight excluding hydrogens is 868 g/mol. The monoisotopic (exact) mass is 951 g/mol. The van der Waals surface area contributed by atoms with Crippen LogP contribution in [0.4, 0.5) is 0 Å². The first-order chi connectivity index (χ1) is 31.9. The van der Waals surface area contributed by atoms with Gasteiger partial charge in [0.2, 0.25) is 0 Å². The first-order valence-corrected chi connectivity index (χ1v) is 25.6. The van der Waals surface area contributed by atoms with E-state index < -0.39 is 75.7 Å². The number of unbranched alkanes of at least 4 members (excludes halogenated alkanes) is 10. The van der Waals surface area contributed by atoms with E-state index in [4.69, 9.17) is 23.6 Å². The van der Waals surface area contributed by atoms with Gasteiger partial charge in [0.1, 0.15) is 43.2 Å². The van der Waals surface area contributed by atoms with Gasteiger partial charge in [0.15, 0.2) is 6.10 Å². The van der Waals surface area contributed by atoms with Crippen LogP contribution in [-0.2, 0) is 32.7 Å². The van der Waals surface area contributed by atoms with E-state index in [0.717, 1.165) is 109 Å². The first-order valence-electron chi connectivity index (χ1n) is 24.1. The average molecular weight is 951 g/mol. The van der Waals surface area contributed by atoms with Crippen molar-refractivity contribution in [2.24, 2.45) is 0 Å². The van der Waals surface area contributed by atoms with Crippen LogP contribution < -0.4 is 0 Å². The van der Waals surface area contributed by atoms with Crippen molar-refractivity contribution in [1.29, 1.82) is 0 Å². The van der Waals surface area contributed by atoms with Crippen LogP contribution in [0.1, 0.15) is 148 Å². The largest absolute Gasteiger partial charge is 0.472 e. The second-order valence-electron chi connectivity index (χ2n) is 16.3. The van der Waals surface area contributed by atoms with E-state index >= 15 is 0 Å².